The molecule has 0 unspecified atom stereocenters. The van der Waals surface area contributed by atoms with Crippen molar-refractivity contribution < 1.29 is 22.3 Å². The first-order valence-electron chi connectivity index (χ1n) is 3.72. The molecule has 1 rings (SSSR count). The average molecular weight is 249 g/mol. The minimum atomic E-state index is -4.48. The fourth-order valence-electron chi connectivity index (χ4n) is 1.06. The van der Waals surface area contributed by atoms with Crippen molar-refractivity contribution in [3.05, 3.63) is 17.5 Å². The van der Waals surface area contributed by atoms with Crippen LogP contribution in [-0.2, 0) is 10.0 Å². The van der Waals surface area contributed by atoms with E-state index in [1.807, 2.05) is 0 Å². The molecule has 0 aromatic carbocycles. The summed E-state index contributed by atoms with van der Waals surface area (Å²) < 4.78 is 46.8. The van der Waals surface area contributed by atoms with Crippen molar-refractivity contribution in [1.82, 2.24) is 4.98 Å². The van der Waals surface area contributed by atoms with Gasteiger partial charge < -0.3 is 5.11 Å². The summed E-state index contributed by atoms with van der Waals surface area (Å²) in [6, 6.07) is 1.23. The molecule has 3 N–H and O–H groups in total. The first-order chi connectivity index (χ1) is 7.29. The summed E-state index contributed by atoms with van der Waals surface area (Å²) in [6.45, 7) is 0. The van der Waals surface area contributed by atoms with Crippen LogP contribution in [0.2, 0.25) is 0 Å². The van der Waals surface area contributed by atoms with Crippen LogP contribution in [0, 0.1) is 11.3 Å². The number of primary sulfonamides is 1. The van der Waals surface area contributed by atoms with Crippen molar-refractivity contribution in [3.8, 4) is 11.8 Å². The molecule has 0 radical (unpaired) electrons. The lowest BCUT2D eigenvalue weighted by Gasteiger charge is -2.07. The Kier molecular flexibility index (Phi) is 3.06. The molecule has 16 heavy (non-hydrogen) atoms. The fraction of sp³-hybridized carbons (Fsp3) is 0.143. The largest absolute Gasteiger partial charge is 0.505 e. The van der Waals surface area contributed by atoms with Gasteiger partial charge in [-0.3, -0.25) is 0 Å². The lowest BCUT2D eigenvalue weighted by atomic mass is 10.2. The number of sulfonamides is 1. The van der Waals surface area contributed by atoms with Gasteiger partial charge in [0.05, 0.1) is 6.20 Å². The third-order valence-electron chi connectivity index (χ3n) is 1.64. The van der Waals surface area contributed by atoms with Crippen molar-refractivity contribution >= 4 is 10.0 Å². The molecule has 9 heteroatoms. The van der Waals surface area contributed by atoms with E-state index in [1.54, 1.807) is 0 Å². The maximum Gasteiger partial charge on any atom is 0.281 e. The second-order valence-corrected chi connectivity index (χ2v) is 4.19. The second-order valence-electron chi connectivity index (χ2n) is 2.69. The number of nitriles is 1. The van der Waals surface area contributed by atoms with E-state index < -0.39 is 38.4 Å². The Labute approximate surface area is 89.0 Å². The van der Waals surface area contributed by atoms with Gasteiger partial charge in [-0.2, -0.15) is 5.26 Å². The molecule has 1 aromatic rings. The summed E-state index contributed by atoms with van der Waals surface area (Å²) in [7, 11) is -4.48. The Morgan fingerprint density at radius 3 is 2.50 bits per heavy atom. The number of aromatic nitrogens is 1. The Bertz CT molecular complexity index is 565. The fourth-order valence-corrected chi connectivity index (χ4v) is 1.84. The number of halogens is 2. The molecule has 0 aliphatic heterocycles. The van der Waals surface area contributed by atoms with E-state index in [2.05, 4.69) is 4.98 Å². The van der Waals surface area contributed by atoms with Crippen LogP contribution >= 0.6 is 0 Å². The zero-order chi connectivity index (χ0) is 12.5. The zero-order valence-corrected chi connectivity index (χ0v) is 8.37. The summed E-state index contributed by atoms with van der Waals surface area (Å²) >= 11 is 0. The van der Waals surface area contributed by atoms with E-state index in [1.165, 1.54) is 6.07 Å². The van der Waals surface area contributed by atoms with Crippen molar-refractivity contribution in [2.75, 3.05) is 0 Å². The topological polar surface area (TPSA) is 117 Å². The molecule has 0 fully saturated rings. The van der Waals surface area contributed by atoms with Gasteiger partial charge in [0.25, 0.3) is 6.43 Å². The van der Waals surface area contributed by atoms with Gasteiger partial charge in [-0.1, -0.05) is 0 Å². The van der Waals surface area contributed by atoms with Crippen molar-refractivity contribution in [1.29, 1.82) is 5.26 Å². The third kappa shape index (κ3) is 2.07. The summed E-state index contributed by atoms with van der Waals surface area (Å²) in [6.07, 6.45) is -2.64. The minimum absolute atomic E-state index is 0.502. The summed E-state index contributed by atoms with van der Waals surface area (Å²) in [5.74, 6) is -0.941. The maximum atomic E-state index is 12.4. The molecule has 0 bridgehead atoms. The first kappa shape index (κ1) is 12.3. The van der Waals surface area contributed by atoms with Gasteiger partial charge >= 0.3 is 0 Å². The number of rotatable bonds is 2. The maximum absolute atomic E-state index is 12.4. The molecular formula is C7H5F2N3O3S. The highest BCUT2D eigenvalue weighted by molar-refractivity contribution is 7.89. The number of aromatic hydroxyl groups is 1. The molecule has 0 aliphatic carbocycles. The van der Waals surface area contributed by atoms with Crippen LogP contribution in [0.4, 0.5) is 8.78 Å². The SMILES string of the molecule is N#Cc1c(C(F)F)ncc(O)c1S(N)(=O)=O. The van der Waals surface area contributed by atoms with E-state index in [0.29, 0.717) is 6.20 Å². The van der Waals surface area contributed by atoms with Gasteiger partial charge in [0.2, 0.25) is 10.0 Å². The third-order valence-corrected chi connectivity index (χ3v) is 2.63. The van der Waals surface area contributed by atoms with Crippen molar-refractivity contribution in [2.24, 2.45) is 5.14 Å². The van der Waals surface area contributed by atoms with E-state index in [-0.39, 0.29) is 0 Å². The molecule has 0 amide bonds. The lowest BCUT2D eigenvalue weighted by Crippen LogP contribution is -2.16. The molecule has 1 heterocycles. The standard InChI is InChI=1S/C7H5F2N3O3S/c8-7(9)5-3(1-10)6(16(11,14)15)4(13)2-12-5/h2,7,13H,(H2,11,14,15). The van der Waals surface area contributed by atoms with Crippen LogP contribution in [-0.4, -0.2) is 18.5 Å². The summed E-state index contributed by atoms with van der Waals surface area (Å²) in [5, 5.41) is 22.4. The van der Waals surface area contributed by atoms with Crippen molar-refractivity contribution in [3.63, 3.8) is 0 Å². The molecule has 0 saturated carbocycles. The molecule has 86 valence electrons. The van der Waals surface area contributed by atoms with Gasteiger partial charge in [-0.25, -0.2) is 27.3 Å². The highest BCUT2D eigenvalue weighted by atomic mass is 32.2. The smallest absolute Gasteiger partial charge is 0.281 e. The Morgan fingerprint density at radius 1 is 1.56 bits per heavy atom. The van der Waals surface area contributed by atoms with E-state index in [0.717, 1.165) is 0 Å². The van der Waals surface area contributed by atoms with Gasteiger partial charge in [0.15, 0.2) is 5.75 Å². The molecule has 1 aromatic heterocycles. The second kappa shape index (κ2) is 3.99. The first-order valence-corrected chi connectivity index (χ1v) is 5.26. The molecule has 0 aliphatic rings. The van der Waals surface area contributed by atoms with E-state index in [4.69, 9.17) is 15.5 Å². The normalized spacial score (nSPS) is 11.4. The van der Waals surface area contributed by atoms with Crippen LogP contribution < -0.4 is 5.14 Å². The number of hydrogen-bond acceptors (Lipinski definition) is 5. The zero-order valence-electron chi connectivity index (χ0n) is 7.55. The Hall–Kier alpha value is -1.79. The molecule has 0 atom stereocenters. The van der Waals surface area contributed by atoms with Crippen LogP contribution in [0.5, 0.6) is 5.75 Å². The molecule has 0 saturated heterocycles. The van der Waals surface area contributed by atoms with Crippen LogP contribution in [0.15, 0.2) is 11.1 Å². The van der Waals surface area contributed by atoms with Gasteiger partial charge in [-0.15, -0.1) is 0 Å². The minimum Gasteiger partial charge on any atom is -0.505 e. The van der Waals surface area contributed by atoms with Crippen molar-refractivity contribution in [2.45, 2.75) is 11.3 Å². The summed E-state index contributed by atoms with van der Waals surface area (Å²) in [4.78, 5) is 2.04. The quantitative estimate of drug-likeness (QED) is 0.778. The number of hydrogen-bond donors (Lipinski definition) is 2. The highest BCUT2D eigenvalue weighted by Crippen LogP contribution is 2.30. The van der Waals surface area contributed by atoms with Gasteiger partial charge in [-0.05, 0) is 0 Å². The van der Waals surface area contributed by atoms with Gasteiger partial charge in [0, 0.05) is 0 Å². The molecular weight excluding hydrogens is 244 g/mol. The average Bonchev–Trinajstić information content (AvgIpc) is 2.14. The predicted octanol–water partition coefficient (Wildman–Crippen LogP) is 0.244. The van der Waals surface area contributed by atoms with Crippen LogP contribution in [0.1, 0.15) is 17.7 Å². The Morgan fingerprint density at radius 2 is 2.12 bits per heavy atom. The predicted molar refractivity (Wildman–Crippen MR) is 46.9 cm³/mol. The monoisotopic (exact) mass is 249 g/mol. The van der Waals surface area contributed by atoms with E-state index in [9.17, 15) is 17.2 Å². The van der Waals surface area contributed by atoms with Crippen LogP contribution in [0.25, 0.3) is 0 Å². The highest BCUT2D eigenvalue weighted by Gasteiger charge is 2.26. The van der Waals surface area contributed by atoms with Gasteiger partial charge in [0.1, 0.15) is 22.2 Å². The number of nitrogens with two attached hydrogens (primary N) is 1. The lowest BCUT2D eigenvalue weighted by molar-refractivity contribution is 0.145. The number of nitrogens with zero attached hydrogens (tertiary/aromatic N) is 2. The number of pyridine rings is 1. The van der Waals surface area contributed by atoms with Crippen LogP contribution in [0.3, 0.4) is 0 Å². The van der Waals surface area contributed by atoms with E-state index >= 15 is 0 Å². The number of alkyl halides is 2. The molecule has 0 spiro atoms. The molecule has 6 nitrogen and oxygen atoms in total. The Balaban J connectivity index is 3.74. The summed E-state index contributed by atoms with van der Waals surface area (Å²) in [5.41, 5.74) is -1.98.